The van der Waals surface area contributed by atoms with Crippen LogP contribution in [0.2, 0.25) is 0 Å². The molecule has 0 aliphatic carbocycles. The molecule has 1 aromatic heterocycles. The number of aromatic nitrogens is 3. The van der Waals surface area contributed by atoms with Gasteiger partial charge in [-0.1, -0.05) is 32.5 Å². The molecule has 0 atom stereocenters. The third-order valence-corrected chi connectivity index (χ3v) is 3.95. The maximum Gasteiger partial charge on any atom is 0.231 e. The summed E-state index contributed by atoms with van der Waals surface area (Å²) in [5.41, 5.74) is 0. The molecular weight excluding hydrogens is 270 g/mol. The van der Waals surface area contributed by atoms with Gasteiger partial charge in [-0.15, -0.1) is 0 Å². The molecule has 0 radical (unpaired) electrons. The minimum absolute atomic E-state index is 0.101. The molecule has 0 aromatic carbocycles. The maximum atomic E-state index is 4.65. The zero-order valence-electron chi connectivity index (χ0n) is 12.9. The average molecular weight is 295 g/mol. The standard InChI is InChI=1S/C14H25N5S/c1-5-15-11-16-12(19-9-7-6-8-10-19)18-13(17-11)20-14(2,3)4/h5-10H2,1-4H3,(H,15,16,17,18). The third kappa shape index (κ3) is 4.51. The Hall–Kier alpha value is -1.04. The topological polar surface area (TPSA) is 53.9 Å². The van der Waals surface area contributed by atoms with E-state index in [1.165, 1.54) is 19.3 Å². The van der Waals surface area contributed by atoms with Gasteiger partial charge in [0.25, 0.3) is 0 Å². The maximum absolute atomic E-state index is 4.65. The van der Waals surface area contributed by atoms with Crippen molar-refractivity contribution in [2.24, 2.45) is 0 Å². The van der Waals surface area contributed by atoms with Gasteiger partial charge in [0, 0.05) is 24.4 Å². The highest BCUT2D eigenvalue weighted by molar-refractivity contribution is 8.00. The SMILES string of the molecule is CCNc1nc(SC(C)(C)C)nc(N2CCCCC2)n1. The van der Waals surface area contributed by atoms with Gasteiger partial charge in [0.2, 0.25) is 11.9 Å². The van der Waals surface area contributed by atoms with Crippen molar-refractivity contribution in [1.82, 2.24) is 15.0 Å². The molecule has 0 unspecified atom stereocenters. The van der Waals surface area contributed by atoms with E-state index in [2.05, 4.69) is 52.9 Å². The largest absolute Gasteiger partial charge is 0.354 e. The average Bonchev–Trinajstić information content (AvgIpc) is 2.38. The van der Waals surface area contributed by atoms with Crippen LogP contribution in [0.4, 0.5) is 11.9 Å². The number of nitrogens with zero attached hydrogens (tertiary/aromatic N) is 4. The van der Waals surface area contributed by atoms with Crippen LogP contribution in [0.3, 0.4) is 0 Å². The van der Waals surface area contributed by atoms with E-state index in [-0.39, 0.29) is 4.75 Å². The zero-order chi connectivity index (χ0) is 14.6. The Morgan fingerprint density at radius 3 is 2.40 bits per heavy atom. The number of piperidine rings is 1. The van der Waals surface area contributed by atoms with Crippen molar-refractivity contribution in [3.63, 3.8) is 0 Å². The molecule has 1 aliphatic rings. The molecule has 6 heteroatoms. The lowest BCUT2D eigenvalue weighted by Crippen LogP contribution is -2.31. The monoisotopic (exact) mass is 295 g/mol. The Kier molecular flexibility index (Phi) is 5.07. The molecule has 5 nitrogen and oxygen atoms in total. The smallest absolute Gasteiger partial charge is 0.231 e. The van der Waals surface area contributed by atoms with E-state index in [9.17, 15) is 0 Å². The molecule has 1 aromatic rings. The molecule has 0 saturated carbocycles. The first-order valence-electron chi connectivity index (χ1n) is 7.42. The molecule has 0 bridgehead atoms. The van der Waals surface area contributed by atoms with E-state index in [1.807, 2.05) is 0 Å². The van der Waals surface area contributed by atoms with Gasteiger partial charge >= 0.3 is 0 Å². The predicted octanol–water partition coefficient (Wildman–Crippen LogP) is 3.18. The van der Waals surface area contributed by atoms with Crippen LogP contribution in [0.1, 0.15) is 47.0 Å². The Labute approximate surface area is 126 Å². The molecule has 0 amide bonds. The molecule has 2 rings (SSSR count). The zero-order valence-corrected chi connectivity index (χ0v) is 13.8. The number of hydrogen-bond donors (Lipinski definition) is 1. The molecule has 112 valence electrons. The van der Waals surface area contributed by atoms with Crippen LogP contribution in [0.25, 0.3) is 0 Å². The number of nitrogens with one attached hydrogen (secondary N) is 1. The normalized spacial score (nSPS) is 16.3. The van der Waals surface area contributed by atoms with Crippen molar-refractivity contribution in [2.45, 2.75) is 56.9 Å². The third-order valence-electron chi connectivity index (χ3n) is 2.97. The first-order chi connectivity index (χ1) is 9.48. The fourth-order valence-corrected chi connectivity index (χ4v) is 2.94. The number of thioether (sulfide) groups is 1. The fourth-order valence-electron chi connectivity index (χ4n) is 2.14. The van der Waals surface area contributed by atoms with Crippen molar-refractivity contribution in [3.05, 3.63) is 0 Å². The van der Waals surface area contributed by atoms with Crippen LogP contribution >= 0.6 is 11.8 Å². The van der Waals surface area contributed by atoms with Gasteiger partial charge in [-0.25, -0.2) is 0 Å². The van der Waals surface area contributed by atoms with Gasteiger partial charge in [0.1, 0.15) is 0 Å². The van der Waals surface area contributed by atoms with Gasteiger partial charge in [0.05, 0.1) is 0 Å². The summed E-state index contributed by atoms with van der Waals surface area (Å²) in [7, 11) is 0. The Bertz CT molecular complexity index is 438. The summed E-state index contributed by atoms with van der Waals surface area (Å²) in [6.07, 6.45) is 3.76. The molecular formula is C14H25N5S. The quantitative estimate of drug-likeness (QED) is 0.861. The van der Waals surface area contributed by atoms with E-state index in [0.717, 1.165) is 30.7 Å². The summed E-state index contributed by atoms with van der Waals surface area (Å²) in [5, 5.41) is 4.02. The summed E-state index contributed by atoms with van der Waals surface area (Å²) in [6.45, 7) is 11.5. The summed E-state index contributed by atoms with van der Waals surface area (Å²) in [4.78, 5) is 16.0. The first-order valence-corrected chi connectivity index (χ1v) is 8.23. The molecule has 2 heterocycles. The van der Waals surface area contributed by atoms with Gasteiger partial charge in [-0.3, -0.25) is 0 Å². The number of rotatable bonds is 4. The Morgan fingerprint density at radius 1 is 1.10 bits per heavy atom. The molecule has 1 fully saturated rings. The van der Waals surface area contributed by atoms with Crippen LogP contribution in [0.5, 0.6) is 0 Å². The number of anilines is 2. The molecule has 1 saturated heterocycles. The van der Waals surface area contributed by atoms with Gasteiger partial charge in [-0.2, -0.15) is 15.0 Å². The predicted molar refractivity (Wildman–Crippen MR) is 85.7 cm³/mol. The van der Waals surface area contributed by atoms with Gasteiger partial charge in [-0.05, 0) is 26.2 Å². The van der Waals surface area contributed by atoms with Gasteiger partial charge in [0.15, 0.2) is 5.16 Å². The summed E-state index contributed by atoms with van der Waals surface area (Å²) < 4.78 is 0.101. The van der Waals surface area contributed by atoms with Crippen LogP contribution in [-0.4, -0.2) is 39.3 Å². The molecule has 1 aliphatic heterocycles. The second-order valence-corrected chi connectivity index (χ2v) is 7.83. The highest BCUT2D eigenvalue weighted by Crippen LogP contribution is 2.30. The minimum atomic E-state index is 0.101. The van der Waals surface area contributed by atoms with E-state index >= 15 is 0 Å². The number of hydrogen-bond acceptors (Lipinski definition) is 6. The fraction of sp³-hybridized carbons (Fsp3) is 0.786. The van der Waals surface area contributed by atoms with Crippen LogP contribution in [0, 0.1) is 0 Å². The van der Waals surface area contributed by atoms with Crippen molar-refractivity contribution in [1.29, 1.82) is 0 Å². The van der Waals surface area contributed by atoms with E-state index in [4.69, 9.17) is 0 Å². The Morgan fingerprint density at radius 2 is 1.80 bits per heavy atom. The second kappa shape index (κ2) is 6.61. The minimum Gasteiger partial charge on any atom is -0.354 e. The molecule has 20 heavy (non-hydrogen) atoms. The van der Waals surface area contributed by atoms with Crippen molar-refractivity contribution < 1.29 is 0 Å². The van der Waals surface area contributed by atoms with Crippen molar-refractivity contribution >= 4 is 23.7 Å². The molecule has 1 N–H and O–H groups in total. The van der Waals surface area contributed by atoms with Crippen LogP contribution < -0.4 is 10.2 Å². The second-order valence-electron chi connectivity index (χ2n) is 6.03. The highest BCUT2D eigenvalue weighted by Gasteiger charge is 2.19. The van der Waals surface area contributed by atoms with Crippen molar-refractivity contribution in [2.75, 3.05) is 29.9 Å². The van der Waals surface area contributed by atoms with Crippen molar-refractivity contribution in [3.8, 4) is 0 Å². The lowest BCUT2D eigenvalue weighted by molar-refractivity contribution is 0.564. The Balaban J connectivity index is 2.25. The lowest BCUT2D eigenvalue weighted by atomic mass is 10.1. The highest BCUT2D eigenvalue weighted by atomic mass is 32.2. The summed E-state index contributed by atoms with van der Waals surface area (Å²) in [6, 6.07) is 0. The molecule has 0 spiro atoms. The van der Waals surface area contributed by atoms with Gasteiger partial charge < -0.3 is 10.2 Å². The van der Waals surface area contributed by atoms with Crippen LogP contribution in [0.15, 0.2) is 5.16 Å². The van der Waals surface area contributed by atoms with E-state index < -0.39 is 0 Å². The van der Waals surface area contributed by atoms with E-state index in [0.29, 0.717) is 5.95 Å². The van der Waals surface area contributed by atoms with E-state index in [1.54, 1.807) is 11.8 Å². The summed E-state index contributed by atoms with van der Waals surface area (Å²) in [5.74, 6) is 1.51. The summed E-state index contributed by atoms with van der Waals surface area (Å²) >= 11 is 1.69. The lowest BCUT2D eigenvalue weighted by Gasteiger charge is -2.27. The first kappa shape index (κ1) is 15.4. The van der Waals surface area contributed by atoms with Crippen LogP contribution in [-0.2, 0) is 0 Å².